The van der Waals surface area contributed by atoms with Gasteiger partial charge in [-0.1, -0.05) is 32.0 Å². The van der Waals surface area contributed by atoms with E-state index in [-0.39, 0.29) is 11.8 Å². The first-order valence-corrected chi connectivity index (χ1v) is 8.17. The lowest BCUT2D eigenvalue weighted by Gasteiger charge is -2.16. The molecule has 0 spiro atoms. The number of carbonyl (C=O) groups excluding carboxylic acids is 1. The lowest BCUT2D eigenvalue weighted by Crippen LogP contribution is -2.41. The molecule has 1 aromatic rings. The van der Waals surface area contributed by atoms with Crippen LogP contribution in [0.15, 0.2) is 35.2 Å². The molecule has 1 aromatic carbocycles. The molecule has 4 nitrogen and oxygen atoms in total. The molecule has 0 aliphatic rings. The molecule has 0 saturated heterocycles. The molecular weight excluding hydrogens is 286 g/mol. The van der Waals surface area contributed by atoms with Crippen LogP contribution in [0.4, 0.5) is 0 Å². The Bertz CT molecular complexity index is 448. The number of nitrogens with one attached hydrogen (secondary N) is 1. The standard InChI is InChI=1S/C16H23NO3S/c1-12(2)11-14(16(19)20)17-15(18)9-6-10-21-13-7-4-3-5-8-13/h3-5,7-8,12,14H,6,9-11H2,1-2H3,(H,17,18)(H,19,20)/t14-/m0/s1. The summed E-state index contributed by atoms with van der Waals surface area (Å²) in [6, 6.07) is 9.23. The van der Waals surface area contributed by atoms with Crippen molar-refractivity contribution < 1.29 is 14.7 Å². The van der Waals surface area contributed by atoms with Gasteiger partial charge in [-0.05, 0) is 36.6 Å². The number of aliphatic carboxylic acids is 1. The van der Waals surface area contributed by atoms with Gasteiger partial charge in [-0.25, -0.2) is 4.79 Å². The molecule has 0 fully saturated rings. The third-order valence-electron chi connectivity index (χ3n) is 2.90. The summed E-state index contributed by atoms with van der Waals surface area (Å²) < 4.78 is 0. The highest BCUT2D eigenvalue weighted by Crippen LogP contribution is 2.18. The van der Waals surface area contributed by atoms with Gasteiger partial charge < -0.3 is 10.4 Å². The molecule has 1 rings (SSSR count). The number of hydrogen-bond donors (Lipinski definition) is 2. The summed E-state index contributed by atoms with van der Waals surface area (Å²) in [4.78, 5) is 24.0. The minimum Gasteiger partial charge on any atom is -0.480 e. The van der Waals surface area contributed by atoms with Crippen molar-refractivity contribution in [3.8, 4) is 0 Å². The number of carboxylic acid groups (broad SMARTS) is 1. The molecule has 21 heavy (non-hydrogen) atoms. The van der Waals surface area contributed by atoms with Gasteiger partial charge >= 0.3 is 5.97 Å². The molecule has 0 aromatic heterocycles. The smallest absolute Gasteiger partial charge is 0.326 e. The minimum atomic E-state index is -0.962. The predicted octanol–water partition coefficient (Wildman–Crippen LogP) is 3.17. The topological polar surface area (TPSA) is 66.4 Å². The number of amides is 1. The summed E-state index contributed by atoms with van der Waals surface area (Å²) in [7, 11) is 0. The molecule has 1 atom stereocenters. The van der Waals surface area contributed by atoms with E-state index in [4.69, 9.17) is 5.11 Å². The summed E-state index contributed by atoms with van der Waals surface area (Å²) in [6.07, 6.45) is 1.56. The van der Waals surface area contributed by atoms with Gasteiger partial charge in [-0.3, -0.25) is 4.79 Å². The second-order valence-corrected chi connectivity index (χ2v) is 6.52. The van der Waals surface area contributed by atoms with Crippen LogP contribution in [0, 0.1) is 5.92 Å². The molecule has 0 radical (unpaired) electrons. The minimum absolute atomic E-state index is 0.184. The van der Waals surface area contributed by atoms with E-state index in [1.54, 1.807) is 11.8 Å². The Morgan fingerprint density at radius 1 is 1.24 bits per heavy atom. The average Bonchev–Trinajstić information content (AvgIpc) is 2.43. The zero-order chi connectivity index (χ0) is 15.7. The van der Waals surface area contributed by atoms with Crippen molar-refractivity contribution in [3.05, 3.63) is 30.3 Å². The maximum Gasteiger partial charge on any atom is 0.326 e. The first kappa shape index (κ1) is 17.6. The van der Waals surface area contributed by atoms with Crippen molar-refractivity contribution >= 4 is 23.6 Å². The fourth-order valence-electron chi connectivity index (χ4n) is 1.90. The van der Waals surface area contributed by atoms with Crippen molar-refractivity contribution in [2.45, 2.75) is 44.0 Å². The van der Waals surface area contributed by atoms with Crippen molar-refractivity contribution in [3.63, 3.8) is 0 Å². The Morgan fingerprint density at radius 2 is 1.90 bits per heavy atom. The second-order valence-electron chi connectivity index (χ2n) is 5.35. The van der Waals surface area contributed by atoms with E-state index in [1.165, 1.54) is 4.90 Å². The third kappa shape index (κ3) is 7.75. The van der Waals surface area contributed by atoms with Crippen LogP contribution in [0.3, 0.4) is 0 Å². The van der Waals surface area contributed by atoms with Gasteiger partial charge in [0.15, 0.2) is 0 Å². The fraction of sp³-hybridized carbons (Fsp3) is 0.500. The Hall–Kier alpha value is -1.49. The molecule has 0 aliphatic carbocycles. The zero-order valence-corrected chi connectivity index (χ0v) is 13.4. The summed E-state index contributed by atoms with van der Waals surface area (Å²) in [5, 5.41) is 11.7. The van der Waals surface area contributed by atoms with E-state index in [0.29, 0.717) is 12.8 Å². The third-order valence-corrected chi connectivity index (χ3v) is 4.00. The van der Waals surface area contributed by atoms with E-state index in [1.807, 2.05) is 44.2 Å². The van der Waals surface area contributed by atoms with Crippen molar-refractivity contribution in [1.82, 2.24) is 5.32 Å². The number of thioether (sulfide) groups is 1. The van der Waals surface area contributed by atoms with Crippen LogP contribution in [0.25, 0.3) is 0 Å². The van der Waals surface area contributed by atoms with Gasteiger partial charge in [-0.15, -0.1) is 11.8 Å². The Morgan fingerprint density at radius 3 is 2.48 bits per heavy atom. The lowest BCUT2D eigenvalue weighted by atomic mass is 10.0. The molecule has 1 amide bonds. The fourth-order valence-corrected chi connectivity index (χ4v) is 2.77. The van der Waals surface area contributed by atoms with Crippen molar-refractivity contribution in [1.29, 1.82) is 0 Å². The molecule has 0 aliphatic heterocycles. The molecule has 2 N–H and O–H groups in total. The van der Waals surface area contributed by atoms with E-state index in [9.17, 15) is 9.59 Å². The predicted molar refractivity (Wildman–Crippen MR) is 85.4 cm³/mol. The molecule has 0 bridgehead atoms. The van der Waals surface area contributed by atoms with E-state index in [0.717, 1.165) is 12.2 Å². The van der Waals surface area contributed by atoms with Gasteiger partial charge in [0.2, 0.25) is 5.91 Å². The number of carboxylic acids is 1. The van der Waals surface area contributed by atoms with Crippen LogP contribution in [0.2, 0.25) is 0 Å². The number of carbonyl (C=O) groups is 2. The summed E-state index contributed by atoms with van der Waals surface area (Å²) in [6.45, 7) is 3.89. The molecule has 116 valence electrons. The van der Waals surface area contributed by atoms with Crippen LogP contribution in [0.1, 0.15) is 33.1 Å². The Labute approximate surface area is 130 Å². The van der Waals surface area contributed by atoms with Crippen LogP contribution in [-0.4, -0.2) is 28.8 Å². The van der Waals surface area contributed by atoms with Gasteiger partial charge in [0.25, 0.3) is 0 Å². The van der Waals surface area contributed by atoms with Gasteiger partial charge in [0.05, 0.1) is 0 Å². The summed E-state index contributed by atoms with van der Waals surface area (Å²) in [5.74, 6) is -0.0632. The van der Waals surface area contributed by atoms with Crippen LogP contribution >= 0.6 is 11.8 Å². The van der Waals surface area contributed by atoms with E-state index >= 15 is 0 Å². The maximum atomic E-state index is 11.8. The van der Waals surface area contributed by atoms with E-state index in [2.05, 4.69) is 5.32 Å². The number of benzene rings is 1. The first-order chi connectivity index (χ1) is 9.99. The summed E-state index contributed by atoms with van der Waals surface area (Å²) in [5.41, 5.74) is 0. The molecular formula is C16H23NO3S. The largest absolute Gasteiger partial charge is 0.480 e. The average molecular weight is 309 g/mol. The first-order valence-electron chi connectivity index (χ1n) is 7.19. The maximum absolute atomic E-state index is 11.8. The van der Waals surface area contributed by atoms with Gasteiger partial charge in [-0.2, -0.15) is 0 Å². The quantitative estimate of drug-likeness (QED) is 0.543. The number of rotatable bonds is 9. The second kappa shape index (κ2) is 9.45. The zero-order valence-electron chi connectivity index (χ0n) is 12.5. The number of hydrogen-bond acceptors (Lipinski definition) is 3. The SMILES string of the molecule is CC(C)C[C@H](NC(=O)CCCSc1ccccc1)C(=O)O. The molecule has 0 unspecified atom stereocenters. The Kier molecular flexibility index (Phi) is 7.90. The summed E-state index contributed by atoms with van der Waals surface area (Å²) >= 11 is 1.70. The normalized spacial score (nSPS) is 12.1. The lowest BCUT2D eigenvalue weighted by molar-refractivity contribution is -0.142. The highest BCUT2D eigenvalue weighted by molar-refractivity contribution is 7.99. The molecule has 5 heteroatoms. The highest BCUT2D eigenvalue weighted by Gasteiger charge is 2.20. The van der Waals surface area contributed by atoms with Crippen LogP contribution < -0.4 is 5.32 Å². The van der Waals surface area contributed by atoms with Gasteiger partial charge in [0.1, 0.15) is 6.04 Å². The van der Waals surface area contributed by atoms with Crippen molar-refractivity contribution in [2.75, 3.05) is 5.75 Å². The van der Waals surface area contributed by atoms with Crippen LogP contribution in [-0.2, 0) is 9.59 Å². The van der Waals surface area contributed by atoms with Gasteiger partial charge in [0, 0.05) is 11.3 Å². The highest BCUT2D eigenvalue weighted by atomic mass is 32.2. The molecule has 0 saturated carbocycles. The van der Waals surface area contributed by atoms with Crippen LogP contribution in [0.5, 0.6) is 0 Å². The van der Waals surface area contributed by atoms with Crippen molar-refractivity contribution in [2.24, 2.45) is 5.92 Å². The molecule has 0 heterocycles. The Balaban J connectivity index is 2.25. The van der Waals surface area contributed by atoms with E-state index < -0.39 is 12.0 Å². The monoisotopic (exact) mass is 309 g/mol.